The molecule has 5 nitrogen and oxygen atoms in total. The summed E-state index contributed by atoms with van der Waals surface area (Å²) < 4.78 is 11.5. The Hall–Kier alpha value is -1.27. The Balaban J connectivity index is 2.83. The molecule has 2 N–H and O–H groups in total. The highest BCUT2D eigenvalue weighted by Crippen LogP contribution is 2.33. The second-order valence-corrected chi connectivity index (χ2v) is 4.38. The molecule has 1 aromatic carbocycles. The number of carbonyl (C=O) groups is 1. The van der Waals surface area contributed by atoms with Crippen LogP contribution in [0.4, 0.5) is 0 Å². The van der Waals surface area contributed by atoms with Crippen molar-refractivity contribution in [2.75, 3.05) is 20.3 Å². The summed E-state index contributed by atoms with van der Waals surface area (Å²) in [7, 11) is 1.58. The smallest absolute Gasteiger partial charge is 0.317 e. The van der Waals surface area contributed by atoms with Crippen molar-refractivity contribution < 1.29 is 19.4 Å². The summed E-state index contributed by atoms with van der Waals surface area (Å²) in [6.45, 7) is 2.79. The number of hydrogen-bond donors (Lipinski definition) is 2. The summed E-state index contributed by atoms with van der Waals surface area (Å²) in [5.74, 6) is 0.408. The topological polar surface area (TPSA) is 67.8 Å². The van der Waals surface area contributed by atoms with Crippen LogP contribution in [0, 0.1) is 0 Å². The molecule has 0 unspecified atom stereocenters. The normalized spacial score (nSPS) is 10.2. The predicted octanol–water partition coefficient (Wildman–Crippen LogP) is 2.03. The van der Waals surface area contributed by atoms with Crippen molar-refractivity contribution in [2.24, 2.45) is 0 Å². The van der Waals surface area contributed by atoms with Crippen LogP contribution >= 0.6 is 15.9 Å². The molecular weight excluding hydrogens is 302 g/mol. The van der Waals surface area contributed by atoms with Gasteiger partial charge in [-0.1, -0.05) is 15.9 Å². The zero-order valence-electron chi connectivity index (χ0n) is 10.3. The lowest BCUT2D eigenvalue weighted by Crippen LogP contribution is -2.22. The van der Waals surface area contributed by atoms with Crippen LogP contribution in [-0.4, -0.2) is 31.3 Å². The van der Waals surface area contributed by atoms with Crippen LogP contribution in [-0.2, 0) is 11.3 Å². The van der Waals surface area contributed by atoms with E-state index in [1.165, 1.54) is 0 Å². The van der Waals surface area contributed by atoms with Gasteiger partial charge in [-0.25, -0.2) is 0 Å². The molecule has 0 saturated heterocycles. The molecule has 100 valence electrons. The molecule has 1 aromatic rings. The minimum atomic E-state index is -0.885. The van der Waals surface area contributed by atoms with Gasteiger partial charge in [0, 0.05) is 11.0 Å². The lowest BCUT2D eigenvalue weighted by molar-refractivity contribution is -0.135. The van der Waals surface area contributed by atoms with Gasteiger partial charge in [0.05, 0.1) is 20.3 Å². The molecule has 0 aromatic heterocycles. The predicted molar refractivity (Wildman–Crippen MR) is 71.2 cm³/mol. The van der Waals surface area contributed by atoms with E-state index in [0.29, 0.717) is 24.7 Å². The maximum absolute atomic E-state index is 10.4. The van der Waals surface area contributed by atoms with Crippen molar-refractivity contribution in [3.8, 4) is 11.5 Å². The van der Waals surface area contributed by atoms with Gasteiger partial charge in [-0.2, -0.15) is 0 Å². The minimum Gasteiger partial charge on any atom is -0.493 e. The highest BCUT2D eigenvalue weighted by atomic mass is 79.9. The van der Waals surface area contributed by atoms with E-state index in [0.717, 1.165) is 10.0 Å². The van der Waals surface area contributed by atoms with E-state index in [9.17, 15) is 4.79 Å². The molecule has 6 heteroatoms. The van der Waals surface area contributed by atoms with E-state index < -0.39 is 5.97 Å². The number of halogens is 1. The fourth-order valence-electron chi connectivity index (χ4n) is 1.44. The largest absolute Gasteiger partial charge is 0.493 e. The Morgan fingerprint density at radius 1 is 1.44 bits per heavy atom. The number of carboxylic acids is 1. The number of ether oxygens (including phenoxy) is 2. The highest BCUT2D eigenvalue weighted by Gasteiger charge is 2.10. The Morgan fingerprint density at radius 2 is 2.17 bits per heavy atom. The quantitative estimate of drug-likeness (QED) is 0.805. The third-order valence-electron chi connectivity index (χ3n) is 2.22. The van der Waals surface area contributed by atoms with Crippen LogP contribution in [0.2, 0.25) is 0 Å². The van der Waals surface area contributed by atoms with Crippen molar-refractivity contribution >= 4 is 21.9 Å². The van der Waals surface area contributed by atoms with Crippen LogP contribution < -0.4 is 14.8 Å². The van der Waals surface area contributed by atoms with Gasteiger partial charge < -0.3 is 19.9 Å². The van der Waals surface area contributed by atoms with Crippen molar-refractivity contribution in [2.45, 2.75) is 13.5 Å². The third kappa shape index (κ3) is 4.19. The first-order valence-corrected chi connectivity index (χ1v) is 6.29. The second-order valence-electron chi connectivity index (χ2n) is 3.52. The second kappa shape index (κ2) is 7.23. The van der Waals surface area contributed by atoms with Gasteiger partial charge in [0.2, 0.25) is 0 Å². The number of nitrogens with one attached hydrogen (secondary N) is 1. The Bertz CT molecular complexity index is 423. The number of rotatable bonds is 7. The number of aliphatic carboxylic acids is 1. The lowest BCUT2D eigenvalue weighted by Gasteiger charge is -2.13. The molecule has 0 bridgehead atoms. The number of methoxy groups -OCH3 is 1. The zero-order chi connectivity index (χ0) is 13.5. The van der Waals surface area contributed by atoms with E-state index in [2.05, 4.69) is 21.2 Å². The van der Waals surface area contributed by atoms with Gasteiger partial charge in [-0.15, -0.1) is 0 Å². The van der Waals surface area contributed by atoms with Crippen LogP contribution in [0.15, 0.2) is 16.6 Å². The molecule has 0 aliphatic heterocycles. The Morgan fingerprint density at radius 3 is 2.72 bits per heavy atom. The highest BCUT2D eigenvalue weighted by molar-refractivity contribution is 9.10. The fraction of sp³-hybridized carbons (Fsp3) is 0.417. The molecule has 0 aliphatic carbocycles. The summed E-state index contributed by atoms with van der Waals surface area (Å²) in [6.07, 6.45) is 0. The molecule has 0 radical (unpaired) electrons. The van der Waals surface area contributed by atoms with E-state index in [1.54, 1.807) is 7.11 Å². The minimum absolute atomic E-state index is 0.0809. The number of hydrogen-bond acceptors (Lipinski definition) is 4. The first-order chi connectivity index (χ1) is 8.58. The summed E-state index contributed by atoms with van der Waals surface area (Å²) >= 11 is 3.42. The van der Waals surface area contributed by atoms with E-state index in [4.69, 9.17) is 14.6 Å². The molecule has 0 atom stereocenters. The molecule has 18 heavy (non-hydrogen) atoms. The third-order valence-corrected chi connectivity index (χ3v) is 2.96. The van der Waals surface area contributed by atoms with Crippen molar-refractivity contribution in [1.29, 1.82) is 0 Å². The first kappa shape index (κ1) is 14.8. The molecular formula is C12H16BrNO4. The number of carboxylic acid groups (broad SMARTS) is 1. The molecule has 0 saturated carbocycles. The molecule has 1 rings (SSSR count). The molecule has 0 heterocycles. The maximum atomic E-state index is 10.4. The fourth-order valence-corrected chi connectivity index (χ4v) is 1.91. The summed E-state index contributed by atoms with van der Waals surface area (Å²) in [6, 6.07) is 3.64. The van der Waals surface area contributed by atoms with Gasteiger partial charge in [-0.05, 0) is 24.6 Å². The van der Waals surface area contributed by atoms with E-state index in [-0.39, 0.29) is 6.54 Å². The Labute approximate surface area is 114 Å². The van der Waals surface area contributed by atoms with Crippen LogP contribution in [0.1, 0.15) is 12.5 Å². The lowest BCUT2D eigenvalue weighted by atomic mass is 10.2. The van der Waals surface area contributed by atoms with Gasteiger partial charge in [-0.3, -0.25) is 4.79 Å². The maximum Gasteiger partial charge on any atom is 0.317 e. The first-order valence-electron chi connectivity index (χ1n) is 5.50. The van der Waals surface area contributed by atoms with E-state index >= 15 is 0 Å². The van der Waals surface area contributed by atoms with Crippen molar-refractivity contribution in [1.82, 2.24) is 5.32 Å². The van der Waals surface area contributed by atoms with Gasteiger partial charge in [0.25, 0.3) is 0 Å². The van der Waals surface area contributed by atoms with E-state index in [1.807, 2.05) is 19.1 Å². The average molecular weight is 318 g/mol. The molecule has 0 fully saturated rings. The van der Waals surface area contributed by atoms with Gasteiger partial charge >= 0.3 is 5.97 Å². The Kier molecular flexibility index (Phi) is 5.94. The SMILES string of the molecule is CCOc1cc(CNCC(=O)O)c(Br)cc1OC. The average Bonchev–Trinajstić information content (AvgIpc) is 2.32. The molecule has 0 spiro atoms. The summed E-state index contributed by atoms with van der Waals surface area (Å²) in [5.41, 5.74) is 0.917. The van der Waals surface area contributed by atoms with Crippen molar-refractivity contribution in [3.05, 3.63) is 22.2 Å². The van der Waals surface area contributed by atoms with Crippen LogP contribution in [0.3, 0.4) is 0 Å². The molecule has 0 amide bonds. The monoisotopic (exact) mass is 317 g/mol. The standard InChI is InChI=1S/C12H16BrNO4/c1-3-18-11-4-8(6-14-7-12(15)16)9(13)5-10(11)17-2/h4-5,14H,3,6-7H2,1-2H3,(H,15,16). The van der Waals surface area contributed by atoms with Gasteiger partial charge in [0.15, 0.2) is 11.5 Å². The zero-order valence-corrected chi connectivity index (χ0v) is 11.9. The van der Waals surface area contributed by atoms with Crippen molar-refractivity contribution in [3.63, 3.8) is 0 Å². The summed E-state index contributed by atoms with van der Waals surface area (Å²) in [4.78, 5) is 10.4. The summed E-state index contributed by atoms with van der Waals surface area (Å²) in [5, 5.41) is 11.4. The van der Waals surface area contributed by atoms with Crippen LogP contribution in [0.5, 0.6) is 11.5 Å². The van der Waals surface area contributed by atoms with Gasteiger partial charge in [0.1, 0.15) is 0 Å². The number of benzene rings is 1. The van der Waals surface area contributed by atoms with Crippen LogP contribution in [0.25, 0.3) is 0 Å². The molecule has 0 aliphatic rings.